The predicted octanol–water partition coefficient (Wildman–Crippen LogP) is 0.315. The number of hydrogen-bond donors (Lipinski definition) is 3. The van der Waals surface area contributed by atoms with Gasteiger partial charge in [0.25, 0.3) is 0 Å². The molecule has 0 bridgehead atoms. The second kappa shape index (κ2) is 10.9. The summed E-state index contributed by atoms with van der Waals surface area (Å²) in [7, 11) is 0. The number of unbranched alkanes of at least 4 members (excludes halogenated alkanes) is 1. The molecule has 0 aromatic carbocycles. The Morgan fingerprint density at radius 2 is 1.50 bits per heavy atom. The number of hydrogen-bond acceptors (Lipinski definition) is 3. The molecular formula is C9H23N3. The van der Waals surface area contributed by atoms with Gasteiger partial charge in [-0.3, -0.25) is 0 Å². The monoisotopic (exact) mass is 173 g/mol. The smallest absolute Gasteiger partial charge is 0.00745 e. The molecule has 74 valence electrons. The van der Waals surface area contributed by atoms with Gasteiger partial charge in [-0.25, -0.2) is 0 Å². The van der Waals surface area contributed by atoms with Gasteiger partial charge >= 0.3 is 0 Å². The first kappa shape index (κ1) is 11.9. The maximum atomic E-state index is 5.33. The largest absolute Gasteiger partial charge is 0.329 e. The Morgan fingerprint density at radius 3 is 2.00 bits per heavy atom. The van der Waals surface area contributed by atoms with Crippen molar-refractivity contribution in [2.75, 3.05) is 32.7 Å². The third-order valence-corrected chi connectivity index (χ3v) is 1.70. The third-order valence-electron chi connectivity index (χ3n) is 1.70. The summed E-state index contributed by atoms with van der Waals surface area (Å²) in [6.07, 6.45) is 3.74. The lowest BCUT2D eigenvalue weighted by atomic mass is 10.3. The fourth-order valence-corrected chi connectivity index (χ4v) is 1.03. The molecule has 0 aliphatic heterocycles. The third kappa shape index (κ3) is 9.88. The zero-order valence-corrected chi connectivity index (χ0v) is 8.23. The summed E-state index contributed by atoms with van der Waals surface area (Å²) >= 11 is 0. The van der Waals surface area contributed by atoms with Crippen molar-refractivity contribution < 1.29 is 0 Å². The molecule has 0 radical (unpaired) electrons. The molecule has 0 amide bonds. The van der Waals surface area contributed by atoms with Crippen molar-refractivity contribution >= 4 is 0 Å². The van der Waals surface area contributed by atoms with E-state index in [1.54, 1.807) is 0 Å². The fourth-order valence-electron chi connectivity index (χ4n) is 1.03. The molecule has 0 aromatic heterocycles. The average molecular weight is 173 g/mol. The highest BCUT2D eigenvalue weighted by Crippen LogP contribution is 1.84. The fraction of sp³-hybridized carbons (Fsp3) is 1.00. The number of nitrogens with two attached hydrogens (primary N) is 1. The van der Waals surface area contributed by atoms with Crippen LogP contribution >= 0.6 is 0 Å². The molecule has 0 heterocycles. The highest BCUT2D eigenvalue weighted by atomic mass is 14.9. The molecule has 0 spiro atoms. The van der Waals surface area contributed by atoms with Gasteiger partial charge < -0.3 is 16.4 Å². The van der Waals surface area contributed by atoms with Crippen molar-refractivity contribution in [3.63, 3.8) is 0 Å². The van der Waals surface area contributed by atoms with E-state index in [1.165, 1.54) is 19.3 Å². The molecule has 0 fully saturated rings. The predicted molar refractivity (Wildman–Crippen MR) is 54.3 cm³/mol. The summed E-state index contributed by atoms with van der Waals surface area (Å²) in [5.41, 5.74) is 5.33. The lowest BCUT2D eigenvalue weighted by molar-refractivity contribution is 0.583. The molecular weight excluding hydrogens is 150 g/mol. The lowest BCUT2D eigenvalue weighted by Crippen LogP contribution is -2.24. The standard InChI is InChI=1S/C9H23N3/c1-2-6-11-7-3-4-8-12-9-5-10/h11-12H,2-10H2,1H3. The van der Waals surface area contributed by atoms with Crippen molar-refractivity contribution in [1.82, 2.24) is 10.6 Å². The van der Waals surface area contributed by atoms with Crippen molar-refractivity contribution in [3.8, 4) is 0 Å². The molecule has 0 saturated carbocycles. The van der Waals surface area contributed by atoms with E-state index in [-0.39, 0.29) is 0 Å². The van der Waals surface area contributed by atoms with Crippen LogP contribution in [0.15, 0.2) is 0 Å². The highest BCUT2D eigenvalue weighted by Gasteiger charge is 1.87. The van der Waals surface area contributed by atoms with Gasteiger partial charge in [0.05, 0.1) is 0 Å². The molecule has 3 nitrogen and oxygen atoms in total. The lowest BCUT2D eigenvalue weighted by Gasteiger charge is -2.03. The van der Waals surface area contributed by atoms with E-state index in [0.29, 0.717) is 0 Å². The Kier molecular flexibility index (Phi) is 10.8. The Labute approximate surface area is 76.1 Å². The maximum Gasteiger partial charge on any atom is 0.00745 e. The van der Waals surface area contributed by atoms with Gasteiger partial charge in [0, 0.05) is 13.1 Å². The molecule has 4 N–H and O–H groups in total. The van der Waals surface area contributed by atoms with Crippen LogP contribution in [0.3, 0.4) is 0 Å². The first-order valence-corrected chi connectivity index (χ1v) is 5.03. The minimum absolute atomic E-state index is 0.744. The average Bonchev–Trinajstić information content (AvgIpc) is 2.10. The van der Waals surface area contributed by atoms with Crippen LogP contribution in [-0.4, -0.2) is 32.7 Å². The minimum atomic E-state index is 0.744. The van der Waals surface area contributed by atoms with Gasteiger partial charge in [-0.2, -0.15) is 0 Å². The van der Waals surface area contributed by atoms with E-state index in [2.05, 4.69) is 17.6 Å². The molecule has 0 atom stereocenters. The van der Waals surface area contributed by atoms with E-state index in [4.69, 9.17) is 5.73 Å². The Hall–Kier alpha value is -0.120. The molecule has 0 aliphatic rings. The summed E-state index contributed by atoms with van der Waals surface area (Å²) in [5.74, 6) is 0. The first-order chi connectivity index (χ1) is 5.91. The van der Waals surface area contributed by atoms with Crippen molar-refractivity contribution in [2.24, 2.45) is 5.73 Å². The van der Waals surface area contributed by atoms with E-state index < -0.39 is 0 Å². The Bertz CT molecular complexity index is 66.2. The van der Waals surface area contributed by atoms with Crippen molar-refractivity contribution in [2.45, 2.75) is 26.2 Å². The van der Waals surface area contributed by atoms with Gasteiger partial charge in [-0.15, -0.1) is 0 Å². The summed E-state index contributed by atoms with van der Waals surface area (Å²) in [6, 6.07) is 0. The summed E-state index contributed by atoms with van der Waals surface area (Å²) < 4.78 is 0. The van der Waals surface area contributed by atoms with E-state index in [1.807, 2.05) is 0 Å². The quantitative estimate of drug-likeness (QED) is 0.440. The molecule has 12 heavy (non-hydrogen) atoms. The topological polar surface area (TPSA) is 50.1 Å². The second-order valence-electron chi connectivity index (χ2n) is 3.00. The summed E-state index contributed by atoms with van der Waals surface area (Å²) in [5, 5.41) is 6.65. The van der Waals surface area contributed by atoms with Gasteiger partial charge in [-0.05, 0) is 38.9 Å². The molecule has 3 heteroatoms. The molecule has 0 aliphatic carbocycles. The summed E-state index contributed by atoms with van der Waals surface area (Å²) in [4.78, 5) is 0. The van der Waals surface area contributed by atoms with Crippen LogP contribution in [0.5, 0.6) is 0 Å². The van der Waals surface area contributed by atoms with E-state index >= 15 is 0 Å². The minimum Gasteiger partial charge on any atom is -0.329 e. The Balaban J connectivity index is 2.73. The van der Waals surface area contributed by atoms with Gasteiger partial charge in [0.15, 0.2) is 0 Å². The molecule has 0 rings (SSSR count). The molecule has 0 saturated heterocycles. The number of rotatable bonds is 9. The van der Waals surface area contributed by atoms with Crippen LogP contribution in [0, 0.1) is 0 Å². The van der Waals surface area contributed by atoms with Crippen LogP contribution < -0.4 is 16.4 Å². The van der Waals surface area contributed by atoms with Gasteiger partial charge in [0.2, 0.25) is 0 Å². The molecule has 0 unspecified atom stereocenters. The second-order valence-corrected chi connectivity index (χ2v) is 3.00. The van der Waals surface area contributed by atoms with E-state index in [0.717, 1.165) is 32.7 Å². The molecule has 0 aromatic rings. The normalized spacial score (nSPS) is 10.5. The van der Waals surface area contributed by atoms with Crippen molar-refractivity contribution in [1.29, 1.82) is 0 Å². The zero-order chi connectivity index (χ0) is 9.07. The zero-order valence-electron chi connectivity index (χ0n) is 8.23. The van der Waals surface area contributed by atoms with Crippen LogP contribution in [0.2, 0.25) is 0 Å². The van der Waals surface area contributed by atoms with Gasteiger partial charge in [-0.1, -0.05) is 6.92 Å². The summed E-state index contributed by atoms with van der Waals surface area (Å²) in [6.45, 7) is 7.28. The van der Waals surface area contributed by atoms with Crippen LogP contribution in [0.1, 0.15) is 26.2 Å². The van der Waals surface area contributed by atoms with Crippen LogP contribution in [0.4, 0.5) is 0 Å². The van der Waals surface area contributed by atoms with Crippen molar-refractivity contribution in [3.05, 3.63) is 0 Å². The van der Waals surface area contributed by atoms with Crippen LogP contribution in [-0.2, 0) is 0 Å². The maximum absolute atomic E-state index is 5.33. The van der Waals surface area contributed by atoms with Crippen LogP contribution in [0.25, 0.3) is 0 Å². The first-order valence-electron chi connectivity index (χ1n) is 5.03. The Morgan fingerprint density at radius 1 is 0.917 bits per heavy atom. The SMILES string of the molecule is CCCNCCCCNCCN. The van der Waals surface area contributed by atoms with E-state index in [9.17, 15) is 0 Å². The number of nitrogens with one attached hydrogen (secondary N) is 2. The highest BCUT2D eigenvalue weighted by molar-refractivity contribution is 4.51. The van der Waals surface area contributed by atoms with Gasteiger partial charge in [0.1, 0.15) is 0 Å².